The Bertz CT molecular complexity index is 817. The first-order valence-corrected chi connectivity index (χ1v) is 8.30. The summed E-state index contributed by atoms with van der Waals surface area (Å²) in [5.74, 6) is 1.12. The van der Waals surface area contributed by atoms with Crippen LogP contribution in [0.3, 0.4) is 0 Å². The number of hydrogen-bond acceptors (Lipinski definition) is 5. The van der Waals surface area contributed by atoms with E-state index in [0.29, 0.717) is 17.7 Å². The maximum atomic E-state index is 4.47. The fourth-order valence-corrected chi connectivity index (χ4v) is 3.40. The summed E-state index contributed by atoms with van der Waals surface area (Å²) in [6.45, 7) is 3.22. The van der Waals surface area contributed by atoms with Crippen molar-refractivity contribution in [2.24, 2.45) is 0 Å². The zero-order valence-corrected chi connectivity index (χ0v) is 13.6. The molecule has 0 bridgehead atoms. The van der Waals surface area contributed by atoms with Crippen molar-refractivity contribution >= 4 is 5.69 Å². The third kappa shape index (κ3) is 2.62. The molecule has 1 aromatic carbocycles. The lowest BCUT2D eigenvalue weighted by Gasteiger charge is -2.38. The van der Waals surface area contributed by atoms with Crippen LogP contribution in [0.1, 0.15) is 30.5 Å². The van der Waals surface area contributed by atoms with E-state index in [0.717, 1.165) is 25.1 Å². The molecule has 24 heavy (non-hydrogen) atoms. The van der Waals surface area contributed by atoms with Crippen LogP contribution in [0.2, 0.25) is 0 Å². The van der Waals surface area contributed by atoms with Gasteiger partial charge in [0.1, 0.15) is 0 Å². The van der Waals surface area contributed by atoms with E-state index in [9.17, 15) is 0 Å². The fourth-order valence-electron chi connectivity index (χ4n) is 3.40. The summed E-state index contributed by atoms with van der Waals surface area (Å²) in [6.07, 6.45) is 9.28. The van der Waals surface area contributed by atoms with E-state index in [1.54, 1.807) is 18.5 Å². The van der Waals surface area contributed by atoms with E-state index in [-0.39, 0.29) is 0 Å². The van der Waals surface area contributed by atoms with Crippen LogP contribution < -0.4 is 4.90 Å². The van der Waals surface area contributed by atoms with E-state index in [2.05, 4.69) is 56.0 Å². The predicted octanol–water partition coefficient (Wildman–Crippen LogP) is 3.45. The molecule has 0 N–H and O–H groups in total. The highest BCUT2D eigenvalue weighted by molar-refractivity contribution is 5.52. The Morgan fingerprint density at radius 3 is 2.42 bits per heavy atom. The molecule has 1 aliphatic rings. The molecule has 0 saturated heterocycles. The van der Waals surface area contributed by atoms with Gasteiger partial charge in [-0.2, -0.15) is 0 Å². The van der Waals surface area contributed by atoms with Crippen LogP contribution in [0.25, 0.3) is 11.6 Å². The van der Waals surface area contributed by atoms with Gasteiger partial charge in [-0.05, 0) is 30.0 Å². The maximum absolute atomic E-state index is 4.47. The molecule has 3 aromatic rings. The van der Waals surface area contributed by atoms with Crippen LogP contribution in [0.4, 0.5) is 5.69 Å². The largest absolute Gasteiger partial charge is 0.362 e. The van der Waals surface area contributed by atoms with Crippen molar-refractivity contribution < 1.29 is 0 Å². The molecular formula is C19H19N5. The molecule has 0 saturated carbocycles. The summed E-state index contributed by atoms with van der Waals surface area (Å²) >= 11 is 0. The van der Waals surface area contributed by atoms with Crippen LogP contribution in [0.15, 0.2) is 55.1 Å². The highest BCUT2D eigenvalue weighted by Crippen LogP contribution is 2.35. The van der Waals surface area contributed by atoms with Gasteiger partial charge in [0, 0.05) is 18.9 Å². The molecule has 3 heterocycles. The summed E-state index contributed by atoms with van der Waals surface area (Å²) in [6, 6.07) is 10.9. The van der Waals surface area contributed by atoms with E-state index in [1.165, 1.54) is 11.1 Å². The summed E-state index contributed by atoms with van der Waals surface area (Å²) in [7, 11) is 0. The molecule has 0 spiro atoms. The molecule has 1 atom stereocenters. The highest BCUT2D eigenvalue weighted by Gasteiger charge is 2.26. The van der Waals surface area contributed by atoms with Gasteiger partial charge in [0.25, 0.3) is 0 Å². The summed E-state index contributed by atoms with van der Waals surface area (Å²) in [5, 5.41) is 0. The van der Waals surface area contributed by atoms with Gasteiger partial charge in [-0.15, -0.1) is 0 Å². The lowest BCUT2D eigenvalue weighted by Crippen LogP contribution is -2.35. The first-order valence-electron chi connectivity index (χ1n) is 8.30. The molecule has 5 nitrogen and oxygen atoms in total. The minimum Gasteiger partial charge on any atom is -0.362 e. The molecule has 0 aliphatic carbocycles. The Kier molecular flexibility index (Phi) is 3.91. The third-order valence-corrected chi connectivity index (χ3v) is 4.53. The number of anilines is 1. The average Bonchev–Trinajstić information content (AvgIpc) is 2.68. The van der Waals surface area contributed by atoms with Crippen molar-refractivity contribution in [2.45, 2.75) is 25.8 Å². The molecule has 4 rings (SSSR count). The number of hydrogen-bond donors (Lipinski definition) is 0. The minimum absolute atomic E-state index is 0.373. The van der Waals surface area contributed by atoms with E-state index in [4.69, 9.17) is 0 Å². The maximum Gasteiger partial charge on any atom is 0.197 e. The van der Waals surface area contributed by atoms with Crippen molar-refractivity contribution in [3.63, 3.8) is 0 Å². The smallest absolute Gasteiger partial charge is 0.197 e. The standard InChI is InChI=1S/C19H19N5/c1-2-17-16-7-4-3-6-14(16)8-11-24(17)15-12-22-19(23-13-15)18-20-9-5-10-21-18/h3-7,9-10,12-13,17H,2,8,11H2,1H3. The molecule has 1 unspecified atom stereocenters. The number of nitrogens with zero attached hydrogens (tertiary/aromatic N) is 5. The number of rotatable bonds is 3. The Morgan fingerprint density at radius 1 is 0.958 bits per heavy atom. The van der Waals surface area contributed by atoms with Crippen molar-refractivity contribution in [3.05, 3.63) is 66.2 Å². The third-order valence-electron chi connectivity index (χ3n) is 4.53. The molecule has 5 heteroatoms. The zero-order chi connectivity index (χ0) is 16.4. The normalized spacial score (nSPS) is 16.7. The second kappa shape index (κ2) is 6.35. The lowest BCUT2D eigenvalue weighted by molar-refractivity contribution is 0.566. The van der Waals surface area contributed by atoms with Gasteiger partial charge >= 0.3 is 0 Å². The van der Waals surface area contributed by atoms with E-state index < -0.39 is 0 Å². The van der Waals surface area contributed by atoms with Crippen LogP contribution in [-0.2, 0) is 6.42 Å². The number of fused-ring (bicyclic) bond motifs is 1. The minimum atomic E-state index is 0.373. The Morgan fingerprint density at radius 2 is 1.67 bits per heavy atom. The van der Waals surface area contributed by atoms with Gasteiger partial charge in [0.05, 0.1) is 24.1 Å². The Hall–Kier alpha value is -2.82. The molecular weight excluding hydrogens is 298 g/mol. The molecule has 120 valence electrons. The van der Waals surface area contributed by atoms with Crippen molar-refractivity contribution in [1.82, 2.24) is 19.9 Å². The number of benzene rings is 1. The SMILES string of the molecule is CCC1c2ccccc2CCN1c1cnc(-c2ncccn2)nc1. The van der Waals surface area contributed by atoms with Crippen LogP contribution in [0, 0.1) is 0 Å². The van der Waals surface area contributed by atoms with Gasteiger partial charge in [-0.1, -0.05) is 31.2 Å². The Balaban J connectivity index is 1.64. The van der Waals surface area contributed by atoms with Gasteiger partial charge in [-0.25, -0.2) is 19.9 Å². The van der Waals surface area contributed by atoms with Crippen molar-refractivity contribution in [1.29, 1.82) is 0 Å². The molecule has 0 amide bonds. The summed E-state index contributed by atoms with van der Waals surface area (Å²) < 4.78 is 0. The average molecular weight is 317 g/mol. The summed E-state index contributed by atoms with van der Waals surface area (Å²) in [5.41, 5.74) is 3.92. The molecule has 2 aromatic heterocycles. The first kappa shape index (κ1) is 14.8. The quantitative estimate of drug-likeness (QED) is 0.740. The molecule has 0 fully saturated rings. The van der Waals surface area contributed by atoms with Gasteiger partial charge < -0.3 is 4.90 Å². The van der Waals surface area contributed by atoms with E-state index in [1.807, 2.05) is 12.4 Å². The van der Waals surface area contributed by atoms with Crippen molar-refractivity contribution in [2.75, 3.05) is 11.4 Å². The first-order chi connectivity index (χ1) is 11.9. The molecule has 0 radical (unpaired) electrons. The highest BCUT2D eigenvalue weighted by atomic mass is 15.2. The van der Waals surface area contributed by atoms with Crippen LogP contribution >= 0.6 is 0 Å². The second-order valence-electron chi connectivity index (χ2n) is 5.90. The van der Waals surface area contributed by atoms with Gasteiger partial charge in [0.2, 0.25) is 0 Å². The Labute approximate surface area is 141 Å². The molecule has 1 aliphatic heterocycles. The lowest BCUT2D eigenvalue weighted by atomic mass is 9.91. The zero-order valence-electron chi connectivity index (χ0n) is 13.6. The van der Waals surface area contributed by atoms with E-state index >= 15 is 0 Å². The topological polar surface area (TPSA) is 54.8 Å². The van der Waals surface area contributed by atoms with Crippen molar-refractivity contribution in [3.8, 4) is 11.6 Å². The number of aromatic nitrogens is 4. The van der Waals surface area contributed by atoms with Gasteiger partial charge in [-0.3, -0.25) is 0 Å². The fraction of sp³-hybridized carbons (Fsp3) is 0.263. The predicted molar refractivity (Wildman–Crippen MR) is 93.6 cm³/mol. The monoisotopic (exact) mass is 317 g/mol. The second-order valence-corrected chi connectivity index (χ2v) is 5.90. The summed E-state index contributed by atoms with van der Waals surface area (Å²) in [4.78, 5) is 19.7. The van der Waals surface area contributed by atoms with Gasteiger partial charge in [0.15, 0.2) is 11.6 Å². The van der Waals surface area contributed by atoms with Crippen LogP contribution in [-0.4, -0.2) is 26.5 Å². The van der Waals surface area contributed by atoms with Crippen LogP contribution in [0.5, 0.6) is 0 Å².